The molecule has 0 aliphatic carbocycles. The zero-order chi connectivity index (χ0) is 47.9. The lowest BCUT2D eigenvalue weighted by Gasteiger charge is -2.17. The van der Waals surface area contributed by atoms with Gasteiger partial charge in [-0.05, 0) is 144 Å². The predicted molar refractivity (Wildman–Crippen MR) is 278 cm³/mol. The van der Waals surface area contributed by atoms with Crippen molar-refractivity contribution in [1.82, 2.24) is 9.13 Å². The lowest BCUT2D eigenvalue weighted by molar-refractivity contribution is -0.0500. The minimum atomic E-state index is -5.93. The molecule has 10 rings (SSSR count). The quantitative estimate of drug-likeness (QED) is 0.0585. The van der Waals surface area contributed by atoms with Crippen molar-refractivity contribution in [3.8, 4) is 50.5 Å². The van der Waals surface area contributed by atoms with Gasteiger partial charge in [0.2, 0.25) is 0 Å². The Labute approximate surface area is 401 Å². The molecule has 0 bridgehead atoms. The van der Waals surface area contributed by atoms with Gasteiger partial charge in [-0.1, -0.05) is 148 Å². The first-order chi connectivity index (χ1) is 33.5. The van der Waals surface area contributed by atoms with Crippen LogP contribution in [0.15, 0.2) is 170 Å². The van der Waals surface area contributed by atoms with Crippen LogP contribution in [0.5, 0.6) is 5.75 Å². The van der Waals surface area contributed by atoms with Crippen molar-refractivity contribution < 1.29 is 25.8 Å². The Morgan fingerprint density at radius 2 is 0.884 bits per heavy atom. The van der Waals surface area contributed by atoms with Crippen molar-refractivity contribution in [1.29, 1.82) is 0 Å². The van der Waals surface area contributed by atoms with E-state index in [1.807, 2.05) is 36.4 Å². The predicted octanol–water partition coefficient (Wildman–Crippen LogP) is 16.9. The molecule has 69 heavy (non-hydrogen) atoms. The van der Waals surface area contributed by atoms with Gasteiger partial charge in [-0.2, -0.15) is 21.6 Å². The van der Waals surface area contributed by atoms with E-state index in [1.54, 1.807) is 6.07 Å². The van der Waals surface area contributed by atoms with Gasteiger partial charge < -0.3 is 13.3 Å². The fraction of sp³-hybridized carbons (Fsp3) is 0.200. The third-order valence-corrected chi connectivity index (χ3v) is 14.4. The highest BCUT2D eigenvalue weighted by molar-refractivity contribution is 7.88. The van der Waals surface area contributed by atoms with Crippen molar-refractivity contribution in [3.63, 3.8) is 0 Å². The summed E-state index contributed by atoms with van der Waals surface area (Å²) in [6.07, 6.45) is 8.97. The summed E-state index contributed by atoms with van der Waals surface area (Å²) in [7, 11) is -5.93. The first-order valence-corrected chi connectivity index (χ1v) is 25.4. The molecule has 0 unspecified atom stereocenters. The lowest BCUT2D eigenvalue weighted by Crippen LogP contribution is -2.28. The summed E-state index contributed by atoms with van der Waals surface area (Å²) in [5.74, 6) is -0.427. The highest BCUT2D eigenvalue weighted by atomic mass is 32.2. The number of alkyl halides is 3. The van der Waals surface area contributed by atoms with E-state index < -0.39 is 21.4 Å². The Kier molecular flexibility index (Phi) is 12.4. The van der Waals surface area contributed by atoms with Gasteiger partial charge >= 0.3 is 15.6 Å². The monoisotopic (exact) mass is 938 g/mol. The number of aromatic nitrogens is 2. The molecule has 0 saturated carbocycles. The summed E-state index contributed by atoms with van der Waals surface area (Å²) < 4.78 is 75.0. The molecule has 10 aromatic rings. The van der Waals surface area contributed by atoms with E-state index in [0.717, 1.165) is 110 Å². The van der Waals surface area contributed by atoms with Crippen molar-refractivity contribution in [2.75, 3.05) is 0 Å². The van der Waals surface area contributed by atoms with Gasteiger partial charge in [-0.15, -0.1) is 0 Å². The summed E-state index contributed by atoms with van der Waals surface area (Å²) in [5.41, 5.74) is 9.66. The zero-order valence-corrected chi connectivity index (χ0v) is 39.8. The van der Waals surface area contributed by atoms with Crippen LogP contribution in [0.3, 0.4) is 0 Å². The Hall–Kier alpha value is -7.10. The highest BCUT2D eigenvalue weighted by Crippen LogP contribution is 2.47. The van der Waals surface area contributed by atoms with Crippen molar-refractivity contribution in [2.24, 2.45) is 0 Å². The first kappa shape index (κ1) is 45.7. The Morgan fingerprint density at radius 3 is 1.33 bits per heavy atom. The molecule has 348 valence electrons. The first-order valence-electron chi connectivity index (χ1n) is 23.9. The number of aryl methyl sites for hydroxylation is 3. The maximum Gasteiger partial charge on any atom is 0.534 e. The number of fused-ring (bicyclic) bond motifs is 6. The number of hydrogen-bond donors (Lipinski definition) is 0. The average molecular weight is 939 g/mol. The molecule has 9 heteroatoms. The summed E-state index contributed by atoms with van der Waals surface area (Å²) in [4.78, 5) is 0. The number of hydrogen-bond acceptors (Lipinski definition) is 3. The van der Waals surface area contributed by atoms with Crippen molar-refractivity contribution >= 4 is 53.7 Å². The molecule has 0 spiro atoms. The Morgan fingerprint density at radius 1 is 0.464 bits per heavy atom. The van der Waals surface area contributed by atoms with E-state index >= 15 is 0 Å². The molecular weight excluding hydrogens is 886 g/mol. The summed E-state index contributed by atoms with van der Waals surface area (Å²) >= 11 is 0. The number of nitrogens with zero attached hydrogens (tertiary/aromatic N) is 2. The van der Waals surface area contributed by atoms with E-state index in [4.69, 9.17) is 4.18 Å². The third kappa shape index (κ3) is 8.58. The molecular formula is C60H53F3N2O3S. The number of rotatable bonds is 15. The van der Waals surface area contributed by atoms with Gasteiger partial charge in [-0.3, -0.25) is 0 Å². The fourth-order valence-corrected chi connectivity index (χ4v) is 10.6. The zero-order valence-electron chi connectivity index (χ0n) is 39.0. The normalized spacial score (nSPS) is 12.2. The van der Waals surface area contributed by atoms with Crippen LogP contribution >= 0.6 is 0 Å². The molecule has 0 amide bonds. The molecule has 0 atom stereocenters. The van der Waals surface area contributed by atoms with Crippen LogP contribution in [-0.4, -0.2) is 23.1 Å². The molecule has 0 aliphatic rings. The van der Waals surface area contributed by atoms with E-state index in [-0.39, 0.29) is 0 Å². The van der Waals surface area contributed by atoms with E-state index in [2.05, 4.69) is 145 Å². The van der Waals surface area contributed by atoms with Gasteiger partial charge in [-0.25, -0.2) is 0 Å². The molecule has 0 saturated heterocycles. The number of unbranched alkanes of at least 4 members (excludes halogenated alkanes) is 4. The van der Waals surface area contributed by atoms with Gasteiger partial charge in [0.15, 0.2) is 0 Å². The van der Waals surface area contributed by atoms with Crippen molar-refractivity contribution in [2.45, 2.75) is 77.6 Å². The smallest absolute Gasteiger partial charge is 0.376 e. The molecule has 0 fully saturated rings. The molecule has 0 N–H and O–H groups in total. The van der Waals surface area contributed by atoms with E-state index in [0.29, 0.717) is 10.9 Å². The largest absolute Gasteiger partial charge is 0.534 e. The van der Waals surface area contributed by atoms with Crippen LogP contribution in [0.25, 0.3) is 88.4 Å². The van der Waals surface area contributed by atoms with Crippen LogP contribution < -0.4 is 4.18 Å². The standard InChI is InChI=1S/C60H53F3N2O3S/c1-4-6-8-16-41-27-31-43(32-28-41)64-54-36-26-40(3)38-52(54)58-50(22-14-24-56(58)64)48-20-12-10-18-46(48)47-19-11-13-21-49(47)51-23-15-25-57-59(51)53-39-45(68-69(66,67)60(61,62)63)35-37-55(53)65(57)44-33-29-42(30-34-44)17-9-7-5-2/h10-15,18-39H,4-9,16-17H2,1-3H3. The highest BCUT2D eigenvalue weighted by Gasteiger charge is 2.48. The second-order valence-electron chi connectivity index (χ2n) is 18.1. The maximum atomic E-state index is 13.7. The van der Waals surface area contributed by atoms with Crippen LogP contribution in [0.1, 0.15) is 69.1 Å². The van der Waals surface area contributed by atoms with Crippen LogP contribution in [0, 0.1) is 6.92 Å². The summed E-state index contributed by atoms with van der Waals surface area (Å²) in [6, 6.07) is 57.6. The topological polar surface area (TPSA) is 53.2 Å². The fourth-order valence-electron chi connectivity index (χ4n) is 10.2. The maximum absolute atomic E-state index is 13.7. The minimum Gasteiger partial charge on any atom is -0.376 e. The Balaban J connectivity index is 1.16. The number of benzene rings is 8. The molecule has 2 heterocycles. The average Bonchev–Trinajstić information content (AvgIpc) is 3.86. The Bertz CT molecular complexity index is 3630. The molecule has 5 nitrogen and oxygen atoms in total. The molecule has 8 aromatic carbocycles. The second-order valence-corrected chi connectivity index (χ2v) is 19.6. The van der Waals surface area contributed by atoms with E-state index in [9.17, 15) is 21.6 Å². The molecule has 0 radical (unpaired) electrons. The van der Waals surface area contributed by atoms with E-state index in [1.165, 1.54) is 48.1 Å². The summed E-state index contributed by atoms with van der Waals surface area (Å²) in [5, 5.41) is 3.60. The van der Waals surface area contributed by atoms with Crippen LogP contribution in [-0.2, 0) is 23.0 Å². The van der Waals surface area contributed by atoms with Gasteiger partial charge in [0.25, 0.3) is 0 Å². The van der Waals surface area contributed by atoms with Gasteiger partial charge in [0, 0.05) is 32.9 Å². The SMILES string of the molecule is CCCCCc1ccc(-n2c3ccc(C)cc3c3c(-c4ccccc4-c4ccccc4-c4cccc5c4c4cc(OS(=O)(=O)C(F)(F)F)ccc4n5-c4ccc(CCCCC)cc4)cccc32)cc1. The lowest BCUT2D eigenvalue weighted by atomic mass is 9.87. The summed E-state index contributed by atoms with van der Waals surface area (Å²) in [6.45, 7) is 6.55. The van der Waals surface area contributed by atoms with Crippen molar-refractivity contribution in [3.05, 3.63) is 187 Å². The molecule has 2 aromatic heterocycles. The van der Waals surface area contributed by atoms with Gasteiger partial charge in [0.1, 0.15) is 5.75 Å². The third-order valence-electron chi connectivity index (χ3n) is 13.4. The minimum absolute atomic E-state index is 0.427. The molecule has 0 aliphatic heterocycles. The van der Waals surface area contributed by atoms with Gasteiger partial charge in [0.05, 0.1) is 22.1 Å². The van der Waals surface area contributed by atoms with Crippen LogP contribution in [0.4, 0.5) is 13.2 Å². The number of halogens is 3. The second kappa shape index (κ2) is 18.8. The van der Waals surface area contributed by atoms with Crippen LogP contribution in [0.2, 0.25) is 0 Å².